The molecule has 0 aromatic rings. The van der Waals surface area contributed by atoms with Crippen molar-refractivity contribution in [3.05, 3.63) is 12.7 Å². The summed E-state index contributed by atoms with van der Waals surface area (Å²) in [7, 11) is 0. The minimum absolute atomic E-state index is 0. The molecular weight excluding hydrogens is 115 g/mol. The van der Waals surface area contributed by atoms with E-state index in [-0.39, 0.29) is 9.90 Å². The lowest BCUT2D eigenvalue weighted by Crippen LogP contribution is -1.92. The van der Waals surface area contributed by atoms with Gasteiger partial charge in [0.25, 0.3) is 0 Å². The van der Waals surface area contributed by atoms with Crippen LogP contribution in [-0.2, 0) is 9.68 Å². The predicted molar refractivity (Wildman–Crippen MR) is 30.0 cm³/mol. The van der Waals surface area contributed by atoms with Gasteiger partial charge in [0, 0.05) is 6.08 Å². The lowest BCUT2D eigenvalue weighted by atomic mass is 10.7. The van der Waals surface area contributed by atoms with Crippen LogP contribution >= 0.6 is 9.90 Å². The first kappa shape index (κ1) is 9.78. The summed E-state index contributed by atoms with van der Waals surface area (Å²) in [5.74, 6) is -0.838. The molecule has 42 valence electrons. The minimum atomic E-state index is -0.838. The largest absolute Gasteiger partial charge is 0.365 e. The molecule has 3 nitrogen and oxygen atoms in total. The number of hydrogen-bond donors (Lipinski definition) is 1. The van der Waals surface area contributed by atoms with Gasteiger partial charge < -0.3 is 0 Å². The number of hydrogen-bond acceptors (Lipinski definition) is 3. The Balaban J connectivity index is 0. The van der Waals surface area contributed by atoms with Crippen molar-refractivity contribution in [2.24, 2.45) is 0 Å². The maximum absolute atomic E-state index is 9.59. The van der Waals surface area contributed by atoms with Crippen molar-refractivity contribution in [2.45, 2.75) is 0 Å². The van der Waals surface area contributed by atoms with Gasteiger partial charge in [0.2, 0.25) is 0 Å². The van der Waals surface area contributed by atoms with Crippen LogP contribution in [0.2, 0.25) is 0 Å². The zero-order valence-electron chi connectivity index (χ0n) is 3.76. The molecule has 0 rings (SSSR count). The average molecular weight is 122 g/mol. The highest BCUT2D eigenvalue weighted by atomic mass is 31.0. The molecule has 0 saturated carbocycles. The fourth-order valence-corrected chi connectivity index (χ4v) is 0.0373. The summed E-state index contributed by atoms with van der Waals surface area (Å²) >= 11 is 0. The summed E-state index contributed by atoms with van der Waals surface area (Å²) in [6, 6.07) is 0. The Kier molecular flexibility index (Phi) is 7.83. The molecule has 0 aromatic carbocycles. The van der Waals surface area contributed by atoms with E-state index in [0.29, 0.717) is 0 Å². The third-order valence-electron chi connectivity index (χ3n) is 0.257. The van der Waals surface area contributed by atoms with E-state index >= 15 is 0 Å². The first-order valence-corrected chi connectivity index (χ1v) is 1.29. The third kappa shape index (κ3) is 5.60. The SMILES string of the molecule is C=CC(=O)OO.P. The monoisotopic (exact) mass is 122 g/mol. The minimum Gasteiger partial charge on any atom is -0.296 e. The normalized spacial score (nSPS) is 5.86. The molecule has 1 N–H and O–H groups in total. The van der Waals surface area contributed by atoms with Crippen LogP contribution < -0.4 is 0 Å². The number of carbonyl (C=O) groups is 1. The van der Waals surface area contributed by atoms with Crippen LogP contribution in [-0.4, -0.2) is 11.2 Å². The highest BCUT2D eigenvalue weighted by Gasteiger charge is 1.85. The van der Waals surface area contributed by atoms with E-state index in [2.05, 4.69) is 11.5 Å². The summed E-state index contributed by atoms with van der Waals surface area (Å²) in [6.07, 6.45) is 0.861. The van der Waals surface area contributed by atoms with Gasteiger partial charge in [-0.05, 0) is 0 Å². The summed E-state index contributed by atoms with van der Waals surface area (Å²) in [6.45, 7) is 3.00. The molecule has 0 aliphatic rings. The molecule has 0 amide bonds. The van der Waals surface area contributed by atoms with E-state index in [4.69, 9.17) is 5.26 Å². The molecule has 1 atom stereocenters. The van der Waals surface area contributed by atoms with Gasteiger partial charge in [0.15, 0.2) is 0 Å². The first-order valence-electron chi connectivity index (χ1n) is 1.29. The van der Waals surface area contributed by atoms with Crippen molar-refractivity contribution in [3.63, 3.8) is 0 Å². The van der Waals surface area contributed by atoms with Gasteiger partial charge >= 0.3 is 5.97 Å². The van der Waals surface area contributed by atoms with Crippen LogP contribution in [0.5, 0.6) is 0 Å². The maximum Gasteiger partial charge on any atom is 0.365 e. The number of carbonyl (C=O) groups excluding carboxylic acids is 1. The van der Waals surface area contributed by atoms with E-state index in [1.54, 1.807) is 0 Å². The van der Waals surface area contributed by atoms with Crippen LogP contribution in [0.15, 0.2) is 12.7 Å². The van der Waals surface area contributed by atoms with E-state index in [1.807, 2.05) is 0 Å². The van der Waals surface area contributed by atoms with Crippen molar-refractivity contribution in [1.29, 1.82) is 0 Å². The van der Waals surface area contributed by atoms with Crippen molar-refractivity contribution >= 4 is 15.9 Å². The fraction of sp³-hybridized carbons (Fsp3) is 0. The summed E-state index contributed by atoms with van der Waals surface area (Å²) < 4.78 is 0. The second-order valence-electron chi connectivity index (χ2n) is 0.614. The standard InChI is InChI=1S/C3H4O3.H3P/c1-2-3(4)6-5;/h2,5H,1H2;1H3. The lowest BCUT2D eigenvalue weighted by Gasteiger charge is -1.78. The molecule has 7 heavy (non-hydrogen) atoms. The van der Waals surface area contributed by atoms with Crippen LogP contribution in [0.4, 0.5) is 0 Å². The van der Waals surface area contributed by atoms with Gasteiger partial charge in [-0.15, -0.1) is 0 Å². The zero-order valence-corrected chi connectivity index (χ0v) is 5.17. The van der Waals surface area contributed by atoms with Crippen LogP contribution in [0.3, 0.4) is 0 Å². The highest BCUT2D eigenvalue weighted by molar-refractivity contribution is 6.92. The Morgan fingerprint density at radius 1 is 1.86 bits per heavy atom. The van der Waals surface area contributed by atoms with Gasteiger partial charge in [-0.1, -0.05) is 6.58 Å². The molecule has 0 aliphatic heterocycles. The van der Waals surface area contributed by atoms with Gasteiger partial charge in [0.05, 0.1) is 0 Å². The molecule has 0 aliphatic carbocycles. The van der Waals surface area contributed by atoms with Crippen molar-refractivity contribution < 1.29 is 14.9 Å². The molecule has 4 heteroatoms. The van der Waals surface area contributed by atoms with E-state index in [9.17, 15) is 4.79 Å². The summed E-state index contributed by atoms with van der Waals surface area (Å²) in [4.78, 5) is 12.7. The summed E-state index contributed by atoms with van der Waals surface area (Å²) in [5, 5.41) is 7.41. The maximum atomic E-state index is 9.59. The smallest absolute Gasteiger partial charge is 0.296 e. The molecule has 1 unspecified atom stereocenters. The molecule has 0 saturated heterocycles. The topological polar surface area (TPSA) is 46.5 Å². The molecule has 0 spiro atoms. The molecule has 0 aromatic heterocycles. The molecule has 0 fully saturated rings. The van der Waals surface area contributed by atoms with Crippen molar-refractivity contribution in [3.8, 4) is 0 Å². The molecule has 0 heterocycles. The second kappa shape index (κ2) is 5.60. The predicted octanol–water partition coefficient (Wildman–Crippen LogP) is 0.247. The molecule has 0 bridgehead atoms. The van der Waals surface area contributed by atoms with Gasteiger partial charge in [-0.25, -0.2) is 4.79 Å². The quantitative estimate of drug-likeness (QED) is 0.234. The first-order chi connectivity index (χ1) is 2.81. The van der Waals surface area contributed by atoms with Gasteiger partial charge in [-0.2, -0.15) is 15.2 Å². The summed E-state index contributed by atoms with van der Waals surface area (Å²) in [5.41, 5.74) is 0. The van der Waals surface area contributed by atoms with Gasteiger partial charge in [0.1, 0.15) is 0 Å². The molecule has 0 radical (unpaired) electrons. The van der Waals surface area contributed by atoms with E-state index in [0.717, 1.165) is 6.08 Å². The highest BCUT2D eigenvalue weighted by Crippen LogP contribution is 1.67. The van der Waals surface area contributed by atoms with E-state index in [1.165, 1.54) is 0 Å². The number of rotatable bonds is 1. The van der Waals surface area contributed by atoms with Crippen molar-refractivity contribution in [2.75, 3.05) is 0 Å². The average Bonchev–Trinajstić information content (AvgIpc) is 1.65. The van der Waals surface area contributed by atoms with Crippen LogP contribution in [0.1, 0.15) is 0 Å². The van der Waals surface area contributed by atoms with Crippen molar-refractivity contribution in [1.82, 2.24) is 0 Å². The van der Waals surface area contributed by atoms with Crippen LogP contribution in [0.25, 0.3) is 0 Å². The molecular formula is C3H7O3P. The van der Waals surface area contributed by atoms with E-state index < -0.39 is 5.97 Å². The third-order valence-corrected chi connectivity index (χ3v) is 0.257. The Morgan fingerprint density at radius 2 is 2.29 bits per heavy atom. The lowest BCUT2D eigenvalue weighted by molar-refractivity contribution is -0.228. The Morgan fingerprint density at radius 3 is 2.29 bits per heavy atom. The Bertz CT molecular complexity index is 70.6. The second-order valence-corrected chi connectivity index (χ2v) is 0.614. The van der Waals surface area contributed by atoms with Crippen LogP contribution in [0, 0.1) is 0 Å². The Hall–Kier alpha value is -0.400. The van der Waals surface area contributed by atoms with Gasteiger partial charge in [-0.3, -0.25) is 4.89 Å². The zero-order chi connectivity index (χ0) is 4.99. The fourth-order valence-electron chi connectivity index (χ4n) is 0.0373. The Labute approximate surface area is 44.5 Å².